The van der Waals surface area contributed by atoms with E-state index in [1.807, 2.05) is 6.07 Å². The van der Waals surface area contributed by atoms with Crippen molar-refractivity contribution in [3.8, 4) is 11.5 Å². The maximum absolute atomic E-state index is 5.51. The fourth-order valence-electron chi connectivity index (χ4n) is 3.05. The molecule has 108 valence electrons. The first-order valence-electron chi connectivity index (χ1n) is 7.34. The Balaban J connectivity index is 1.68. The van der Waals surface area contributed by atoms with Crippen LogP contribution in [0, 0.1) is 0 Å². The van der Waals surface area contributed by atoms with Crippen LogP contribution in [0.25, 0.3) is 0 Å². The highest BCUT2D eigenvalue weighted by atomic mass is 16.7. The zero-order chi connectivity index (χ0) is 14.1. The number of piperazine rings is 1. The molecule has 1 N–H and O–H groups in total. The van der Waals surface area contributed by atoms with Gasteiger partial charge in [0.05, 0.1) is 6.04 Å². The molecule has 0 bridgehead atoms. The third kappa shape index (κ3) is 2.32. The lowest BCUT2D eigenvalue weighted by molar-refractivity contribution is 0.174. The van der Waals surface area contributed by atoms with E-state index in [9.17, 15) is 0 Å². The Morgan fingerprint density at radius 2 is 1.86 bits per heavy atom. The van der Waals surface area contributed by atoms with Crippen LogP contribution in [0.15, 0.2) is 48.5 Å². The molecule has 0 amide bonds. The molecule has 2 aromatic rings. The van der Waals surface area contributed by atoms with Crippen molar-refractivity contribution in [2.45, 2.75) is 6.04 Å². The fourth-order valence-corrected chi connectivity index (χ4v) is 3.05. The van der Waals surface area contributed by atoms with E-state index in [1.54, 1.807) is 0 Å². The SMILES string of the molecule is c1ccc(C2CNCCN2c2ccc3c(c2)OCO3)cc1. The van der Waals surface area contributed by atoms with Crippen LogP contribution in [0.2, 0.25) is 0 Å². The number of hydrogen-bond donors (Lipinski definition) is 1. The molecule has 0 spiro atoms. The summed E-state index contributed by atoms with van der Waals surface area (Å²) in [5.74, 6) is 1.68. The molecule has 21 heavy (non-hydrogen) atoms. The van der Waals surface area contributed by atoms with Gasteiger partial charge in [0.25, 0.3) is 0 Å². The quantitative estimate of drug-likeness (QED) is 0.918. The Morgan fingerprint density at radius 1 is 1.00 bits per heavy atom. The molecule has 4 nitrogen and oxygen atoms in total. The lowest BCUT2D eigenvalue weighted by Gasteiger charge is -2.38. The lowest BCUT2D eigenvalue weighted by Crippen LogP contribution is -2.46. The van der Waals surface area contributed by atoms with Gasteiger partial charge in [0, 0.05) is 31.4 Å². The van der Waals surface area contributed by atoms with E-state index in [1.165, 1.54) is 11.3 Å². The Hall–Kier alpha value is -2.20. The second-order valence-corrected chi connectivity index (χ2v) is 5.36. The molecule has 2 aromatic carbocycles. The van der Waals surface area contributed by atoms with Crippen LogP contribution in [0.1, 0.15) is 11.6 Å². The lowest BCUT2D eigenvalue weighted by atomic mass is 10.0. The van der Waals surface area contributed by atoms with Crippen molar-refractivity contribution in [3.05, 3.63) is 54.1 Å². The number of ether oxygens (including phenoxy) is 2. The Kier molecular flexibility index (Phi) is 3.16. The van der Waals surface area contributed by atoms with Crippen molar-refractivity contribution >= 4 is 5.69 Å². The summed E-state index contributed by atoms with van der Waals surface area (Å²) in [4.78, 5) is 2.44. The largest absolute Gasteiger partial charge is 0.454 e. The van der Waals surface area contributed by atoms with Crippen molar-refractivity contribution in [2.24, 2.45) is 0 Å². The summed E-state index contributed by atoms with van der Waals surface area (Å²) in [7, 11) is 0. The van der Waals surface area contributed by atoms with Gasteiger partial charge in [0.15, 0.2) is 11.5 Å². The highest BCUT2D eigenvalue weighted by molar-refractivity contribution is 5.58. The number of nitrogens with one attached hydrogen (secondary N) is 1. The molecule has 1 atom stereocenters. The van der Waals surface area contributed by atoms with Gasteiger partial charge in [-0.25, -0.2) is 0 Å². The molecule has 0 radical (unpaired) electrons. The summed E-state index contributed by atoms with van der Waals surface area (Å²) in [5, 5.41) is 3.49. The van der Waals surface area contributed by atoms with Gasteiger partial charge in [-0.05, 0) is 17.7 Å². The van der Waals surface area contributed by atoms with Gasteiger partial charge in [-0.3, -0.25) is 0 Å². The Labute approximate surface area is 124 Å². The van der Waals surface area contributed by atoms with Crippen LogP contribution < -0.4 is 19.7 Å². The van der Waals surface area contributed by atoms with E-state index in [0.717, 1.165) is 31.1 Å². The fraction of sp³-hybridized carbons (Fsp3) is 0.294. The Morgan fingerprint density at radius 3 is 2.76 bits per heavy atom. The van der Waals surface area contributed by atoms with Crippen molar-refractivity contribution in [3.63, 3.8) is 0 Å². The van der Waals surface area contributed by atoms with E-state index in [0.29, 0.717) is 12.8 Å². The van der Waals surface area contributed by atoms with Gasteiger partial charge < -0.3 is 19.7 Å². The summed E-state index contributed by atoms with van der Waals surface area (Å²) < 4.78 is 10.9. The highest BCUT2D eigenvalue weighted by Crippen LogP contribution is 2.38. The first-order valence-corrected chi connectivity index (χ1v) is 7.34. The van der Waals surface area contributed by atoms with Crippen molar-refractivity contribution < 1.29 is 9.47 Å². The van der Waals surface area contributed by atoms with Crippen LogP contribution in [-0.4, -0.2) is 26.4 Å². The van der Waals surface area contributed by atoms with E-state index in [4.69, 9.17) is 9.47 Å². The molecule has 0 aromatic heterocycles. The van der Waals surface area contributed by atoms with Gasteiger partial charge >= 0.3 is 0 Å². The second-order valence-electron chi connectivity index (χ2n) is 5.36. The van der Waals surface area contributed by atoms with Gasteiger partial charge in [0.1, 0.15) is 0 Å². The van der Waals surface area contributed by atoms with E-state index >= 15 is 0 Å². The Bertz CT molecular complexity index is 630. The standard InChI is InChI=1S/C17H18N2O2/c1-2-4-13(5-3-1)15-11-18-8-9-19(15)14-6-7-16-17(10-14)21-12-20-16/h1-7,10,15,18H,8-9,11-12H2. The molecule has 1 fully saturated rings. The molecule has 2 aliphatic heterocycles. The molecule has 4 heteroatoms. The minimum atomic E-state index is 0.322. The smallest absolute Gasteiger partial charge is 0.231 e. The third-order valence-corrected chi connectivity index (χ3v) is 4.12. The number of hydrogen-bond acceptors (Lipinski definition) is 4. The maximum Gasteiger partial charge on any atom is 0.231 e. The topological polar surface area (TPSA) is 33.7 Å². The van der Waals surface area contributed by atoms with Crippen LogP contribution in [-0.2, 0) is 0 Å². The number of nitrogens with zero attached hydrogens (tertiary/aromatic N) is 1. The molecule has 0 aliphatic carbocycles. The summed E-state index contributed by atoms with van der Waals surface area (Å²) in [5.41, 5.74) is 2.52. The summed E-state index contributed by atoms with van der Waals surface area (Å²) in [6.45, 7) is 3.26. The van der Waals surface area contributed by atoms with Gasteiger partial charge in [0.2, 0.25) is 6.79 Å². The average Bonchev–Trinajstić information content (AvgIpc) is 3.03. The van der Waals surface area contributed by atoms with Crippen molar-refractivity contribution in [2.75, 3.05) is 31.3 Å². The monoisotopic (exact) mass is 282 g/mol. The maximum atomic E-state index is 5.51. The number of anilines is 1. The molecular formula is C17H18N2O2. The van der Waals surface area contributed by atoms with Crippen LogP contribution in [0.5, 0.6) is 11.5 Å². The van der Waals surface area contributed by atoms with Crippen LogP contribution in [0.4, 0.5) is 5.69 Å². The molecular weight excluding hydrogens is 264 g/mol. The molecule has 2 aliphatic rings. The first-order chi connectivity index (χ1) is 10.4. The van der Waals surface area contributed by atoms with Gasteiger partial charge in [-0.15, -0.1) is 0 Å². The number of rotatable bonds is 2. The van der Waals surface area contributed by atoms with Gasteiger partial charge in [-0.1, -0.05) is 30.3 Å². The van der Waals surface area contributed by atoms with Crippen molar-refractivity contribution in [1.29, 1.82) is 0 Å². The third-order valence-electron chi connectivity index (χ3n) is 4.12. The summed E-state index contributed by atoms with van der Waals surface area (Å²) in [6, 6.07) is 17.2. The zero-order valence-corrected chi connectivity index (χ0v) is 11.8. The van der Waals surface area contributed by atoms with Crippen molar-refractivity contribution in [1.82, 2.24) is 5.32 Å². The molecule has 0 saturated carbocycles. The number of benzene rings is 2. The average molecular weight is 282 g/mol. The summed E-state index contributed by atoms with van der Waals surface area (Å²) in [6.07, 6.45) is 0. The normalized spacial score (nSPS) is 20.6. The van der Waals surface area contributed by atoms with Gasteiger partial charge in [-0.2, -0.15) is 0 Å². The first kappa shape index (κ1) is 12.5. The zero-order valence-electron chi connectivity index (χ0n) is 11.8. The predicted molar refractivity (Wildman–Crippen MR) is 82.0 cm³/mol. The predicted octanol–water partition coefficient (Wildman–Crippen LogP) is 2.57. The minimum Gasteiger partial charge on any atom is -0.454 e. The van der Waals surface area contributed by atoms with E-state index < -0.39 is 0 Å². The summed E-state index contributed by atoms with van der Waals surface area (Å²) >= 11 is 0. The molecule has 1 saturated heterocycles. The van der Waals surface area contributed by atoms with E-state index in [2.05, 4.69) is 52.7 Å². The van der Waals surface area contributed by atoms with Crippen LogP contribution >= 0.6 is 0 Å². The molecule has 4 rings (SSSR count). The molecule has 1 unspecified atom stereocenters. The highest BCUT2D eigenvalue weighted by Gasteiger charge is 2.25. The number of fused-ring (bicyclic) bond motifs is 1. The van der Waals surface area contributed by atoms with E-state index in [-0.39, 0.29) is 0 Å². The van der Waals surface area contributed by atoms with Crippen LogP contribution in [0.3, 0.4) is 0 Å². The minimum absolute atomic E-state index is 0.322. The second kappa shape index (κ2) is 5.30. The molecule has 2 heterocycles.